The molecule has 1 N–H and O–H groups in total. The summed E-state index contributed by atoms with van der Waals surface area (Å²) in [5.41, 5.74) is 1.84. The van der Waals surface area contributed by atoms with E-state index in [1.165, 1.54) is 31.9 Å². The van der Waals surface area contributed by atoms with E-state index < -0.39 is 0 Å². The van der Waals surface area contributed by atoms with Gasteiger partial charge in [-0.3, -0.25) is 9.59 Å². The van der Waals surface area contributed by atoms with Gasteiger partial charge in [0, 0.05) is 16.6 Å². The number of esters is 1. The maximum atomic E-state index is 12.0. The van der Waals surface area contributed by atoms with Gasteiger partial charge in [-0.15, -0.1) is 0 Å². The van der Waals surface area contributed by atoms with Gasteiger partial charge in [-0.1, -0.05) is 47.3 Å². The van der Waals surface area contributed by atoms with Crippen LogP contribution in [0.5, 0.6) is 5.75 Å². The van der Waals surface area contributed by atoms with Crippen molar-refractivity contribution in [1.82, 2.24) is 5.32 Å². The molecule has 0 aliphatic heterocycles. The van der Waals surface area contributed by atoms with Gasteiger partial charge in [-0.25, -0.2) is 0 Å². The average Bonchev–Trinajstić information content (AvgIpc) is 2.77. The van der Waals surface area contributed by atoms with Crippen LogP contribution in [0.1, 0.15) is 54.4 Å². The summed E-state index contributed by atoms with van der Waals surface area (Å²) >= 11 is 3.42. The third kappa shape index (κ3) is 9.44. The number of rotatable bonds is 13. The van der Waals surface area contributed by atoms with Gasteiger partial charge < -0.3 is 14.8 Å². The fourth-order valence-corrected chi connectivity index (χ4v) is 3.25. The lowest BCUT2D eigenvalue weighted by atomic mass is 10.0. The zero-order chi connectivity index (χ0) is 21.6. The molecule has 6 heteroatoms. The predicted molar refractivity (Wildman–Crippen MR) is 122 cm³/mol. The number of hydrogen-bond donors (Lipinski definition) is 1. The molecular formula is C24H30BrNO4. The van der Waals surface area contributed by atoms with Crippen molar-refractivity contribution in [3.8, 4) is 5.75 Å². The molecule has 0 spiro atoms. The molecule has 162 valence electrons. The summed E-state index contributed by atoms with van der Waals surface area (Å²) in [6.07, 6.45) is 6.95. The molecular weight excluding hydrogens is 446 g/mol. The van der Waals surface area contributed by atoms with Crippen molar-refractivity contribution in [3.05, 3.63) is 64.1 Å². The number of methoxy groups -OCH3 is 1. The lowest BCUT2D eigenvalue weighted by Crippen LogP contribution is -2.26. The molecule has 2 aromatic carbocycles. The Kier molecular flexibility index (Phi) is 11.0. The van der Waals surface area contributed by atoms with E-state index in [4.69, 9.17) is 4.74 Å². The summed E-state index contributed by atoms with van der Waals surface area (Å²) in [6.45, 7) is 1.03. The highest BCUT2D eigenvalue weighted by Crippen LogP contribution is 2.17. The number of benzene rings is 2. The second-order valence-electron chi connectivity index (χ2n) is 7.10. The van der Waals surface area contributed by atoms with Crippen molar-refractivity contribution in [2.24, 2.45) is 0 Å². The number of carbonyl (C=O) groups is 2. The molecule has 0 radical (unpaired) electrons. The number of unbranched alkanes of at least 4 members (excludes halogenated alkanes) is 4. The average molecular weight is 476 g/mol. The first-order valence-electron chi connectivity index (χ1n) is 10.4. The van der Waals surface area contributed by atoms with Gasteiger partial charge in [0.15, 0.2) is 0 Å². The zero-order valence-electron chi connectivity index (χ0n) is 17.5. The van der Waals surface area contributed by atoms with Crippen LogP contribution >= 0.6 is 15.9 Å². The Balaban J connectivity index is 1.53. The van der Waals surface area contributed by atoms with E-state index in [0.29, 0.717) is 5.56 Å². The van der Waals surface area contributed by atoms with Crippen LogP contribution in [0.4, 0.5) is 0 Å². The van der Waals surface area contributed by atoms with Gasteiger partial charge in [0.05, 0.1) is 20.1 Å². The molecule has 0 bridgehead atoms. The van der Waals surface area contributed by atoms with Gasteiger partial charge in [0.1, 0.15) is 5.75 Å². The van der Waals surface area contributed by atoms with Crippen molar-refractivity contribution in [2.45, 2.75) is 44.9 Å². The molecule has 0 aliphatic rings. The Labute approximate surface area is 187 Å². The highest BCUT2D eigenvalue weighted by atomic mass is 79.9. The van der Waals surface area contributed by atoms with Crippen LogP contribution in [0.2, 0.25) is 0 Å². The van der Waals surface area contributed by atoms with E-state index in [9.17, 15) is 9.59 Å². The number of halogens is 1. The minimum Gasteiger partial charge on any atom is -0.494 e. The molecule has 1 amide bonds. The number of aryl methyl sites for hydroxylation is 1. The Hall–Kier alpha value is -2.34. The zero-order valence-corrected chi connectivity index (χ0v) is 19.1. The van der Waals surface area contributed by atoms with Crippen LogP contribution in [0.15, 0.2) is 53.0 Å². The lowest BCUT2D eigenvalue weighted by Gasteiger charge is -2.07. The number of carbonyl (C=O) groups excluding carboxylic acids is 2. The highest BCUT2D eigenvalue weighted by molar-refractivity contribution is 9.10. The Bertz CT molecular complexity index is 775. The van der Waals surface area contributed by atoms with Gasteiger partial charge in [-0.05, 0) is 61.2 Å². The van der Waals surface area contributed by atoms with Crippen molar-refractivity contribution in [1.29, 1.82) is 0 Å². The highest BCUT2D eigenvalue weighted by Gasteiger charge is 2.06. The molecule has 5 nitrogen and oxygen atoms in total. The summed E-state index contributed by atoms with van der Waals surface area (Å²) in [4.78, 5) is 23.1. The summed E-state index contributed by atoms with van der Waals surface area (Å²) in [5.74, 6) is 0.414. The molecule has 30 heavy (non-hydrogen) atoms. The summed E-state index contributed by atoms with van der Waals surface area (Å²) in [5, 5.41) is 2.72. The second kappa shape index (κ2) is 13.8. The SMILES string of the molecule is COC(=O)CCNC(=O)c1ccc(CCCCCCCOc2ccc(Br)cc2)cc1. The maximum Gasteiger partial charge on any atom is 0.307 e. The second-order valence-corrected chi connectivity index (χ2v) is 8.01. The molecule has 0 aliphatic carbocycles. The smallest absolute Gasteiger partial charge is 0.307 e. The number of ether oxygens (including phenoxy) is 2. The third-order valence-corrected chi connectivity index (χ3v) is 5.28. The fourth-order valence-electron chi connectivity index (χ4n) is 2.99. The summed E-state index contributed by atoms with van der Waals surface area (Å²) in [7, 11) is 1.34. The Morgan fingerprint density at radius 3 is 2.27 bits per heavy atom. The van der Waals surface area contributed by atoms with Crippen LogP contribution in [0.3, 0.4) is 0 Å². The van der Waals surface area contributed by atoms with Crippen LogP contribution in [0.25, 0.3) is 0 Å². The maximum absolute atomic E-state index is 12.0. The third-order valence-electron chi connectivity index (χ3n) is 4.75. The number of amides is 1. The summed E-state index contributed by atoms with van der Waals surface area (Å²) in [6, 6.07) is 15.6. The molecule has 2 rings (SSSR count). The fraction of sp³-hybridized carbons (Fsp3) is 0.417. The van der Waals surface area contributed by atoms with E-state index >= 15 is 0 Å². The van der Waals surface area contributed by atoms with Gasteiger partial charge >= 0.3 is 5.97 Å². The molecule has 0 fully saturated rings. The first-order chi connectivity index (χ1) is 14.6. The van der Waals surface area contributed by atoms with Crippen LogP contribution in [0, 0.1) is 0 Å². The predicted octanol–water partition coefficient (Wildman–Crippen LogP) is 5.31. The Morgan fingerprint density at radius 2 is 1.57 bits per heavy atom. The lowest BCUT2D eigenvalue weighted by molar-refractivity contribution is -0.140. The summed E-state index contributed by atoms with van der Waals surface area (Å²) < 4.78 is 11.3. The molecule has 2 aromatic rings. The standard InChI is InChI=1S/C24H30BrNO4/c1-29-23(27)16-17-26-24(28)20-10-8-19(9-11-20)7-5-3-2-4-6-18-30-22-14-12-21(25)13-15-22/h8-15H,2-7,16-18H2,1H3,(H,26,28). The van der Waals surface area contributed by atoms with Crippen LogP contribution < -0.4 is 10.1 Å². The van der Waals surface area contributed by atoms with Gasteiger partial charge in [0.25, 0.3) is 5.91 Å². The first-order valence-corrected chi connectivity index (χ1v) is 11.2. The monoisotopic (exact) mass is 475 g/mol. The molecule has 0 unspecified atom stereocenters. The number of nitrogens with one attached hydrogen (secondary N) is 1. The molecule has 0 saturated heterocycles. The van der Waals surface area contributed by atoms with E-state index in [2.05, 4.69) is 26.0 Å². The topological polar surface area (TPSA) is 64.6 Å². The van der Waals surface area contributed by atoms with Crippen LogP contribution in [-0.4, -0.2) is 32.1 Å². The van der Waals surface area contributed by atoms with Crippen molar-refractivity contribution >= 4 is 27.8 Å². The normalized spacial score (nSPS) is 10.5. The van der Waals surface area contributed by atoms with E-state index in [1.54, 1.807) is 0 Å². The van der Waals surface area contributed by atoms with E-state index in [0.717, 1.165) is 36.1 Å². The van der Waals surface area contributed by atoms with Gasteiger partial charge in [-0.2, -0.15) is 0 Å². The molecule has 0 heterocycles. The van der Waals surface area contributed by atoms with Crippen LogP contribution in [-0.2, 0) is 16.0 Å². The van der Waals surface area contributed by atoms with Crippen molar-refractivity contribution in [2.75, 3.05) is 20.3 Å². The van der Waals surface area contributed by atoms with E-state index in [-0.39, 0.29) is 24.8 Å². The first kappa shape index (κ1) is 23.9. The molecule has 0 aromatic heterocycles. The minimum atomic E-state index is -0.331. The Morgan fingerprint density at radius 1 is 0.900 bits per heavy atom. The minimum absolute atomic E-state index is 0.171. The molecule has 0 saturated carbocycles. The molecule has 0 atom stereocenters. The van der Waals surface area contributed by atoms with E-state index in [1.807, 2.05) is 48.5 Å². The quantitative estimate of drug-likeness (QED) is 0.314. The van der Waals surface area contributed by atoms with Crippen molar-refractivity contribution in [3.63, 3.8) is 0 Å². The van der Waals surface area contributed by atoms with Crippen molar-refractivity contribution < 1.29 is 19.1 Å². The van der Waals surface area contributed by atoms with Gasteiger partial charge in [0.2, 0.25) is 0 Å². The number of hydrogen-bond acceptors (Lipinski definition) is 4. The largest absolute Gasteiger partial charge is 0.494 e.